The first-order chi connectivity index (χ1) is 11.1. The number of amides is 3. The molecular formula is C17H17N3O3. The zero-order chi connectivity index (χ0) is 16.4. The highest BCUT2D eigenvalue weighted by Crippen LogP contribution is 2.20. The number of carbonyl (C=O) groups excluding carboxylic acids is 2. The Morgan fingerprint density at radius 2 is 1.91 bits per heavy atom. The second kappa shape index (κ2) is 6.00. The van der Waals surface area contributed by atoms with Crippen molar-refractivity contribution in [3.8, 4) is 11.4 Å². The molecule has 0 atom stereocenters. The fourth-order valence-electron chi connectivity index (χ4n) is 2.51. The summed E-state index contributed by atoms with van der Waals surface area (Å²) in [6, 6.07) is 10.1. The van der Waals surface area contributed by atoms with Crippen molar-refractivity contribution in [2.45, 2.75) is 13.3 Å². The number of benzene rings is 1. The maximum absolute atomic E-state index is 12.3. The molecule has 0 bridgehead atoms. The van der Waals surface area contributed by atoms with Crippen LogP contribution in [0.1, 0.15) is 19.0 Å². The fourth-order valence-corrected chi connectivity index (χ4v) is 2.51. The minimum atomic E-state index is -0.383. The van der Waals surface area contributed by atoms with Gasteiger partial charge in [0.1, 0.15) is 11.4 Å². The van der Waals surface area contributed by atoms with Gasteiger partial charge in [0.15, 0.2) is 0 Å². The summed E-state index contributed by atoms with van der Waals surface area (Å²) in [6.45, 7) is 2.32. The molecule has 1 aromatic carbocycles. The molecular weight excluding hydrogens is 294 g/mol. The van der Waals surface area contributed by atoms with Crippen molar-refractivity contribution >= 4 is 18.0 Å². The zero-order valence-electron chi connectivity index (χ0n) is 12.7. The van der Waals surface area contributed by atoms with E-state index in [1.54, 1.807) is 30.3 Å². The molecule has 0 aliphatic carbocycles. The van der Waals surface area contributed by atoms with E-state index in [1.807, 2.05) is 29.8 Å². The average Bonchev–Trinajstić information content (AvgIpc) is 3.09. The lowest BCUT2D eigenvalue weighted by molar-refractivity contribution is -0.122. The third-order valence-electron chi connectivity index (χ3n) is 3.61. The van der Waals surface area contributed by atoms with E-state index in [0.717, 1.165) is 17.8 Å². The van der Waals surface area contributed by atoms with Crippen molar-refractivity contribution in [1.29, 1.82) is 0 Å². The monoisotopic (exact) mass is 311 g/mol. The third-order valence-corrected chi connectivity index (χ3v) is 3.61. The summed E-state index contributed by atoms with van der Waals surface area (Å²) in [5.74, 6) is -0.121. The van der Waals surface area contributed by atoms with Gasteiger partial charge in [-0.15, -0.1) is 0 Å². The summed E-state index contributed by atoms with van der Waals surface area (Å²) < 4.78 is 1.87. The number of hydrogen-bond acceptors (Lipinski definition) is 3. The predicted octanol–water partition coefficient (Wildman–Crippen LogP) is 2.49. The van der Waals surface area contributed by atoms with Crippen LogP contribution in [0.15, 0.2) is 48.3 Å². The van der Waals surface area contributed by atoms with E-state index < -0.39 is 0 Å². The van der Waals surface area contributed by atoms with Crippen LogP contribution in [-0.4, -0.2) is 33.1 Å². The molecule has 2 heterocycles. The summed E-state index contributed by atoms with van der Waals surface area (Å²) >= 11 is 0. The minimum Gasteiger partial charge on any atom is -0.508 e. The number of nitrogens with zero attached hydrogens (tertiary/aromatic N) is 2. The summed E-state index contributed by atoms with van der Waals surface area (Å²) in [7, 11) is 0. The van der Waals surface area contributed by atoms with E-state index in [9.17, 15) is 14.7 Å². The fraction of sp³-hybridized carbons (Fsp3) is 0.176. The highest BCUT2D eigenvalue weighted by Gasteiger charge is 2.32. The molecule has 6 heteroatoms. The number of phenolic OH excluding ortho intramolecular Hbond substituents is 1. The van der Waals surface area contributed by atoms with Crippen LogP contribution in [-0.2, 0) is 4.79 Å². The molecule has 3 amide bonds. The number of urea groups is 1. The van der Waals surface area contributed by atoms with Gasteiger partial charge in [-0.3, -0.25) is 9.69 Å². The number of imide groups is 1. The van der Waals surface area contributed by atoms with Gasteiger partial charge in [-0.1, -0.05) is 6.92 Å². The van der Waals surface area contributed by atoms with Gasteiger partial charge in [-0.05, 0) is 48.9 Å². The van der Waals surface area contributed by atoms with Gasteiger partial charge in [0.05, 0.1) is 0 Å². The van der Waals surface area contributed by atoms with Gasteiger partial charge in [-0.25, -0.2) is 4.79 Å². The second-order valence-corrected chi connectivity index (χ2v) is 5.26. The van der Waals surface area contributed by atoms with E-state index in [2.05, 4.69) is 5.32 Å². The molecule has 23 heavy (non-hydrogen) atoms. The van der Waals surface area contributed by atoms with Crippen molar-refractivity contribution in [3.63, 3.8) is 0 Å². The van der Waals surface area contributed by atoms with Crippen LogP contribution < -0.4 is 5.32 Å². The Labute approximate surface area is 133 Å². The first kappa shape index (κ1) is 14.9. The van der Waals surface area contributed by atoms with Gasteiger partial charge < -0.3 is 15.0 Å². The molecule has 0 spiro atoms. The normalized spacial score (nSPS) is 16.2. The van der Waals surface area contributed by atoms with Gasteiger partial charge in [0, 0.05) is 24.1 Å². The lowest BCUT2D eigenvalue weighted by Gasteiger charge is -2.09. The lowest BCUT2D eigenvalue weighted by atomic mass is 10.2. The minimum absolute atomic E-state index is 0.189. The van der Waals surface area contributed by atoms with Crippen molar-refractivity contribution < 1.29 is 14.7 Å². The Bertz CT molecular complexity index is 775. The van der Waals surface area contributed by atoms with E-state index in [-0.39, 0.29) is 23.4 Å². The maximum Gasteiger partial charge on any atom is 0.329 e. The molecule has 1 aromatic heterocycles. The maximum atomic E-state index is 12.3. The molecule has 118 valence electrons. The van der Waals surface area contributed by atoms with Gasteiger partial charge in [0.25, 0.3) is 5.91 Å². The first-order valence-electron chi connectivity index (χ1n) is 7.41. The Balaban J connectivity index is 1.92. The van der Waals surface area contributed by atoms with Gasteiger partial charge in [0.2, 0.25) is 0 Å². The highest BCUT2D eigenvalue weighted by atomic mass is 16.3. The highest BCUT2D eigenvalue weighted by molar-refractivity contribution is 6.13. The van der Waals surface area contributed by atoms with E-state index in [1.165, 1.54) is 4.90 Å². The molecule has 1 saturated heterocycles. The molecule has 6 nitrogen and oxygen atoms in total. The number of nitrogens with one attached hydrogen (secondary N) is 1. The molecule has 2 aromatic rings. The van der Waals surface area contributed by atoms with Crippen LogP contribution in [0.4, 0.5) is 4.79 Å². The summed E-state index contributed by atoms with van der Waals surface area (Å²) in [6.07, 6.45) is 4.23. The van der Waals surface area contributed by atoms with E-state index in [4.69, 9.17) is 0 Å². The Morgan fingerprint density at radius 1 is 1.17 bits per heavy atom. The predicted molar refractivity (Wildman–Crippen MR) is 85.9 cm³/mol. The SMILES string of the molecule is CCCN1C(=O)N/C(=C/c2cccn2-c2ccc(O)cc2)C1=O. The van der Waals surface area contributed by atoms with Crippen molar-refractivity contribution in [2.24, 2.45) is 0 Å². The molecule has 2 N–H and O–H groups in total. The molecule has 3 rings (SSSR count). The third kappa shape index (κ3) is 2.83. The van der Waals surface area contributed by atoms with Gasteiger partial charge >= 0.3 is 6.03 Å². The Morgan fingerprint density at radius 3 is 2.61 bits per heavy atom. The zero-order valence-corrected chi connectivity index (χ0v) is 12.7. The standard InChI is InChI=1S/C17H17N3O3/c1-2-9-20-16(22)15(18-17(20)23)11-13-4-3-10-19(13)12-5-7-14(21)8-6-12/h3-8,10-11,21H,2,9H2,1H3,(H,18,23)/b15-11+. The van der Waals surface area contributed by atoms with Crippen molar-refractivity contribution in [3.05, 3.63) is 54.0 Å². The number of phenols is 1. The Hall–Kier alpha value is -3.02. The number of aromatic hydroxyl groups is 1. The largest absolute Gasteiger partial charge is 0.508 e. The van der Waals surface area contributed by atoms with Crippen LogP contribution >= 0.6 is 0 Å². The van der Waals surface area contributed by atoms with Crippen LogP contribution in [0.2, 0.25) is 0 Å². The summed E-state index contributed by atoms with van der Waals surface area (Å²) in [5, 5.41) is 12.0. The summed E-state index contributed by atoms with van der Waals surface area (Å²) in [5.41, 5.74) is 1.88. The number of carbonyl (C=O) groups is 2. The number of hydrogen-bond donors (Lipinski definition) is 2. The molecule has 1 aliphatic heterocycles. The van der Waals surface area contributed by atoms with Crippen LogP contribution in [0.5, 0.6) is 5.75 Å². The summed E-state index contributed by atoms with van der Waals surface area (Å²) in [4.78, 5) is 25.3. The van der Waals surface area contributed by atoms with Crippen LogP contribution in [0.25, 0.3) is 11.8 Å². The molecule has 0 unspecified atom stereocenters. The average molecular weight is 311 g/mol. The van der Waals surface area contributed by atoms with Crippen molar-refractivity contribution in [2.75, 3.05) is 6.54 Å². The van der Waals surface area contributed by atoms with E-state index in [0.29, 0.717) is 6.54 Å². The molecule has 0 saturated carbocycles. The molecule has 0 radical (unpaired) electrons. The molecule has 1 aliphatic rings. The van der Waals surface area contributed by atoms with E-state index >= 15 is 0 Å². The number of aromatic nitrogens is 1. The number of rotatable bonds is 4. The first-order valence-corrected chi connectivity index (χ1v) is 7.41. The second-order valence-electron chi connectivity index (χ2n) is 5.26. The Kier molecular flexibility index (Phi) is 3.89. The van der Waals surface area contributed by atoms with Crippen LogP contribution in [0.3, 0.4) is 0 Å². The van der Waals surface area contributed by atoms with Crippen molar-refractivity contribution in [1.82, 2.24) is 14.8 Å². The smallest absolute Gasteiger partial charge is 0.329 e. The van der Waals surface area contributed by atoms with Crippen LogP contribution in [0, 0.1) is 0 Å². The van der Waals surface area contributed by atoms with Gasteiger partial charge in [-0.2, -0.15) is 0 Å². The quantitative estimate of drug-likeness (QED) is 0.673. The lowest BCUT2D eigenvalue weighted by Crippen LogP contribution is -2.31. The topological polar surface area (TPSA) is 74.6 Å². The molecule has 1 fully saturated rings.